The molecule has 2 heterocycles. The van der Waals surface area contributed by atoms with Crippen molar-refractivity contribution in [3.05, 3.63) is 69.1 Å². The number of aliphatic hydroxyl groups excluding tert-OH is 1. The van der Waals surface area contributed by atoms with E-state index >= 15 is 0 Å². The molecule has 0 spiro atoms. The molecular weight excluding hydrogens is 406 g/mol. The fourth-order valence-corrected chi connectivity index (χ4v) is 3.48. The van der Waals surface area contributed by atoms with E-state index in [9.17, 15) is 9.90 Å². The first-order chi connectivity index (χ1) is 12.1. The second-order valence-corrected chi connectivity index (χ2v) is 6.76. The predicted octanol–water partition coefficient (Wildman–Crippen LogP) is 5.24. The van der Waals surface area contributed by atoms with Gasteiger partial charge in [-0.05, 0) is 53.2 Å². The number of furan rings is 1. The van der Waals surface area contributed by atoms with Crippen LogP contribution >= 0.6 is 27.7 Å². The van der Waals surface area contributed by atoms with E-state index in [2.05, 4.69) is 20.9 Å². The van der Waals surface area contributed by atoms with Crippen LogP contribution in [-0.2, 0) is 9.53 Å². The van der Waals surface area contributed by atoms with Crippen molar-refractivity contribution in [1.29, 1.82) is 0 Å². The number of aliphatic hydroxyl groups is 1. The summed E-state index contributed by atoms with van der Waals surface area (Å²) < 4.78 is 11.1. The summed E-state index contributed by atoms with van der Waals surface area (Å²) in [6, 6.07) is 12.7. The van der Waals surface area contributed by atoms with E-state index in [4.69, 9.17) is 9.15 Å². The Bertz CT molecular complexity index is 883. The number of hydrogen-bond acceptors (Lipinski definition) is 6. The van der Waals surface area contributed by atoms with Crippen LogP contribution in [0, 0.1) is 0 Å². The molecule has 0 saturated heterocycles. The third-order valence-electron chi connectivity index (χ3n) is 3.22. The van der Waals surface area contributed by atoms with Crippen LogP contribution in [0.5, 0.6) is 0 Å². The molecule has 1 aromatic heterocycles. The topological polar surface area (TPSA) is 72.0 Å². The lowest BCUT2D eigenvalue weighted by atomic mass is 10.2. The predicted molar refractivity (Wildman–Crippen MR) is 102 cm³/mol. The Morgan fingerprint density at radius 3 is 2.72 bits per heavy atom. The van der Waals surface area contributed by atoms with Gasteiger partial charge in [-0.2, -0.15) is 0 Å². The first kappa shape index (κ1) is 17.6. The first-order valence-electron chi connectivity index (χ1n) is 7.48. The zero-order valence-electron chi connectivity index (χ0n) is 13.2. The zero-order chi connectivity index (χ0) is 17.8. The summed E-state index contributed by atoms with van der Waals surface area (Å²) in [7, 11) is 0. The summed E-state index contributed by atoms with van der Waals surface area (Å²) in [6.07, 6.45) is 1.65. The van der Waals surface area contributed by atoms with Gasteiger partial charge in [0.2, 0.25) is 0 Å². The molecule has 0 bridgehead atoms. The number of carbonyl (C=O) groups is 1. The van der Waals surface area contributed by atoms with Crippen LogP contribution in [0.4, 0.5) is 5.69 Å². The van der Waals surface area contributed by atoms with Crippen LogP contribution < -0.4 is 0 Å². The van der Waals surface area contributed by atoms with Gasteiger partial charge in [-0.15, -0.1) is 0 Å². The SMILES string of the molecule is CCOC(=O)C1=C(O)C(=Cc2ccc(Br)o2)SC1=Nc1ccccc1. The summed E-state index contributed by atoms with van der Waals surface area (Å²) in [5.41, 5.74) is 0.745. The minimum atomic E-state index is -0.605. The second-order valence-electron chi connectivity index (χ2n) is 4.95. The Morgan fingerprint density at radius 1 is 1.32 bits per heavy atom. The van der Waals surface area contributed by atoms with E-state index in [0.717, 1.165) is 0 Å². The molecule has 128 valence electrons. The van der Waals surface area contributed by atoms with E-state index in [1.54, 1.807) is 25.1 Å². The van der Waals surface area contributed by atoms with Crippen molar-refractivity contribution in [1.82, 2.24) is 0 Å². The number of rotatable bonds is 4. The zero-order valence-corrected chi connectivity index (χ0v) is 15.6. The van der Waals surface area contributed by atoms with Crippen molar-refractivity contribution in [2.45, 2.75) is 6.92 Å². The number of esters is 1. The van der Waals surface area contributed by atoms with Crippen molar-refractivity contribution in [2.24, 2.45) is 4.99 Å². The largest absolute Gasteiger partial charge is 0.506 e. The number of nitrogens with zero attached hydrogens (tertiary/aromatic N) is 1. The Hall–Kier alpha value is -2.25. The number of carbonyl (C=O) groups excluding carboxylic acids is 1. The van der Waals surface area contributed by atoms with Crippen LogP contribution in [0.25, 0.3) is 6.08 Å². The van der Waals surface area contributed by atoms with E-state index in [0.29, 0.717) is 26.1 Å². The van der Waals surface area contributed by atoms with Gasteiger partial charge >= 0.3 is 5.97 Å². The molecule has 0 radical (unpaired) electrons. The molecule has 0 unspecified atom stereocenters. The highest BCUT2D eigenvalue weighted by molar-refractivity contribution is 9.10. The van der Waals surface area contributed by atoms with Gasteiger partial charge in [0.05, 0.1) is 17.2 Å². The van der Waals surface area contributed by atoms with Gasteiger partial charge < -0.3 is 14.3 Å². The summed E-state index contributed by atoms with van der Waals surface area (Å²) >= 11 is 4.42. The van der Waals surface area contributed by atoms with Gasteiger partial charge in [-0.25, -0.2) is 9.79 Å². The summed E-state index contributed by atoms with van der Waals surface area (Å²) in [5.74, 6) is -0.220. The number of thioether (sulfide) groups is 1. The molecule has 0 fully saturated rings. The molecule has 1 aliphatic rings. The van der Waals surface area contributed by atoms with Gasteiger partial charge in [0.15, 0.2) is 4.67 Å². The number of hydrogen-bond donors (Lipinski definition) is 1. The van der Waals surface area contributed by atoms with Gasteiger partial charge in [0.25, 0.3) is 0 Å². The molecule has 1 aromatic carbocycles. The van der Waals surface area contributed by atoms with E-state index in [1.807, 2.05) is 30.3 Å². The molecule has 2 aromatic rings. The molecule has 25 heavy (non-hydrogen) atoms. The number of benzene rings is 1. The molecule has 1 aliphatic heterocycles. The smallest absolute Gasteiger partial charge is 0.344 e. The lowest BCUT2D eigenvalue weighted by Gasteiger charge is -2.03. The Balaban J connectivity index is 2.02. The van der Waals surface area contributed by atoms with Gasteiger partial charge in [-0.1, -0.05) is 30.0 Å². The molecule has 0 aliphatic carbocycles. The molecule has 0 saturated carbocycles. The van der Waals surface area contributed by atoms with Crippen molar-refractivity contribution in [2.75, 3.05) is 6.61 Å². The van der Waals surface area contributed by atoms with E-state index < -0.39 is 5.97 Å². The van der Waals surface area contributed by atoms with Gasteiger partial charge in [-0.3, -0.25) is 0 Å². The molecule has 0 amide bonds. The number of para-hydroxylation sites is 1. The molecule has 0 atom stereocenters. The van der Waals surface area contributed by atoms with Crippen LogP contribution in [0.15, 0.2) is 72.8 Å². The molecular formula is C18H14BrNO4S. The maximum atomic E-state index is 12.3. The maximum absolute atomic E-state index is 12.3. The highest BCUT2D eigenvalue weighted by atomic mass is 79.9. The van der Waals surface area contributed by atoms with Crippen molar-refractivity contribution < 1.29 is 19.1 Å². The standard InChI is InChI=1S/C18H14BrNO4S/c1-2-23-18(22)15-16(21)13(10-12-8-9-14(19)24-12)25-17(15)20-11-6-4-3-5-7-11/h3-10,21H,2H2,1H3. The molecule has 1 N–H and O–H groups in total. The minimum absolute atomic E-state index is 0.0626. The monoisotopic (exact) mass is 419 g/mol. The second kappa shape index (κ2) is 7.76. The highest BCUT2D eigenvalue weighted by Crippen LogP contribution is 2.40. The maximum Gasteiger partial charge on any atom is 0.344 e. The van der Waals surface area contributed by atoms with Gasteiger partial charge in [0.1, 0.15) is 22.1 Å². The summed E-state index contributed by atoms with van der Waals surface area (Å²) in [4.78, 5) is 17.2. The first-order valence-corrected chi connectivity index (χ1v) is 9.09. The molecule has 7 heteroatoms. The summed E-state index contributed by atoms with van der Waals surface area (Å²) in [5, 5.41) is 10.9. The fraction of sp³-hybridized carbons (Fsp3) is 0.111. The fourth-order valence-electron chi connectivity index (χ4n) is 2.15. The average Bonchev–Trinajstić information content (AvgIpc) is 3.13. The Kier molecular flexibility index (Phi) is 5.45. The van der Waals surface area contributed by atoms with Crippen LogP contribution in [-0.4, -0.2) is 22.7 Å². The van der Waals surface area contributed by atoms with Crippen molar-refractivity contribution in [3.63, 3.8) is 0 Å². The average molecular weight is 420 g/mol. The lowest BCUT2D eigenvalue weighted by molar-refractivity contribution is -0.138. The van der Waals surface area contributed by atoms with E-state index in [-0.39, 0.29) is 17.9 Å². The Labute approximate surface area is 157 Å². The van der Waals surface area contributed by atoms with Gasteiger partial charge in [0, 0.05) is 0 Å². The minimum Gasteiger partial charge on any atom is -0.506 e. The van der Waals surface area contributed by atoms with Crippen molar-refractivity contribution in [3.8, 4) is 0 Å². The molecule has 3 rings (SSSR count). The Morgan fingerprint density at radius 2 is 2.08 bits per heavy atom. The quantitative estimate of drug-likeness (QED) is 0.686. The number of ether oxygens (including phenoxy) is 1. The third-order valence-corrected chi connectivity index (χ3v) is 4.67. The lowest BCUT2D eigenvalue weighted by Crippen LogP contribution is -2.12. The highest BCUT2D eigenvalue weighted by Gasteiger charge is 2.33. The third kappa shape index (κ3) is 4.05. The van der Waals surface area contributed by atoms with Crippen LogP contribution in [0.3, 0.4) is 0 Å². The summed E-state index contributed by atoms with van der Waals surface area (Å²) in [6.45, 7) is 1.92. The van der Waals surface area contributed by atoms with Crippen molar-refractivity contribution >= 4 is 50.5 Å². The normalized spacial score (nSPS) is 17.5. The van der Waals surface area contributed by atoms with E-state index in [1.165, 1.54) is 11.8 Å². The van der Waals surface area contributed by atoms with Crippen LogP contribution in [0.2, 0.25) is 0 Å². The number of aliphatic imine (C=N–C) groups is 1. The molecule has 5 nitrogen and oxygen atoms in total. The number of halogens is 1. The van der Waals surface area contributed by atoms with Crippen LogP contribution in [0.1, 0.15) is 12.7 Å².